The maximum atomic E-state index is 11.3. The van der Waals surface area contributed by atoms with E-state index in [0.717, 1.165) is 12.0 Å². The molecule has 0 saturated carbocycles. The second-order valence-electron chi connectivity index (χ2n) is 3.56. The van der Waals surface area contributed by atoms with Crippen molar-refractivity contribution in [2.24, 2.45) is 0 Å². The van der Waals surface area contributed by atoms with Gasteiger partial charge in [0.1, 0.15) is 5.75 Å². The number of ether oxygens (including phenoxy) is 1. The maximum absolute atomic E-state index is 11.3. The van der Waals surface area contributed by atoms with Gasteiger partial charge >= 0.3 is 0 Å². The molecule has 1 heterocycles. The van der Waals surface area contributed by atoms with Gasteiger partial charge in [-0.15, -0.1) is 0 Å². The highest BCUT2D eigenvalue weighted by atomic mass is 35.5. The van der Waals surface area contributed by atoms with Crippen LogP contribution in [0.5, 0.6) is 5.75 Å². The second-order valence-corrected chi connectivity index (χ2v) is 3.97. The van der Waals surface area contributed by atoms with E-state index in [1.54, 1.807) is 6.07 Å². The zero-order valence-electron chi connectivity index (χ0n) is 8.70. The van der Waals surface area contributed by atoms with Crippen molar-refractivity contribution in [2.45, 2.75) is 12.5 Å². The smallest absolute Gasteiger partial charge is 0.243 e. The zero-order valence-corrected chi connectivity index (χ0v) is 9.46. The topological polar surface area (TPSA) is 38.3 Å². The van der Waals surface area contributed by atoms with Crippen LogP contribution in [0.4, 0.5) is 0 Å². The van der Waals surface area contributed by atoms with E-state index in [1.807, 2.05) is 12.1 Å². The van der Waals surface area contributed by atoms with Crippen LogP contribution in [0.25, 0.3) is 0 Å². The number of rotatable bonds is 2. The largest absolute Gasteiger partial charge is 0.492 e. The molecule has 16 heavy (non-hydrogen) atoms. The average molecular weight is 238 g/mol. The number of hydrogen-bond acceptors (Lipinski definition) is 2. The molecule has 0 spiro atoms. The molecule has 0 aromatic heterocycles. The molecule has 1 unspecified atom stereocenters. The van der Waals surface area contributed by atoms with Gasteiger partial charge in [-0.05, 0) is 12.1 Å². The van der Waals surface area contributed by atoms with Gasteiger partial charge in [0.05, 0.1) is 17.7 Å². The molecule has 1 atom stereocenters. The van der Waals surface area contributed by atoms with Crippen molar-refractivity contribution in [3.8, 4) is 5.75 Å². The van der Waals surface area contributed by atoms with Crippen LogP contribution in [-0.4, -0.2) is 12.5 Å². The van der Waals surface area contributed by atoms with Crippen LogP contribution in [0.2, 0.25) is 5.02 Å². The third-order valence-corrected chi connectivity index (χ3v) is 2.83. The van der Waals surface area contributed by atoms with Gasteiger partial charge in [-0.25, -0.2) is 0 Å². The van der Waals surface area contributed by atoms with Crippen molar-refractivity contribution in [1.29, 1.82) is 0 Å². The molecule has 1 N–H and O–H groups in total. The molecule has 1 aliphatic heterocycles. The van der Waals surface area contributed by atoms with Crippen molar-refractivity contribution in [2.75, 3.05) is 6.61 Å². The highest BCUT2D eigenvalue weighted by molar-refractivity contribution is 6.32. The Morgan fingerprint density at radius 3 is 3.19 bits per heavy atom. The molecular formula is C12H12ClNO2. The monoisotopic (exact) mass is 237 g/mol. The minimum absolute atomic E-state index is 0.0482. The lowest BCUT2D eigenvalue weighted by atomic mass is 10.0. The molecule has 4 heteroatoms. The molecule has 0 fully saturated rings. The van der Waals surface area contributed by atoms with E-state index in [-0.39, 0.29) is 11.9 Å². The fraction of sp³-hybridized carbons (Fsp3) is 0.250. The maximum Gasteiger partial charge on any atom is 0.243 e. The Labute approximate surface area is 99.1 Å². The Morgan fingerprint density at radius 1 is 1.62 bits per heavy atom. The van der Waals surface area contributed by atoms with Gasteiger partial charge in [-0.2, -0.15) is 0 Å². The van der Waals surface area contributed by atoms with Crippen LogP contribution in [0.1, 0.15) is 18.0 Å². The quantitative estimate of drug-likeness (QED) is 0.803. The van der Waals surface area contributed by atoms with Crippen molar-refractivity contribution >= 4 is 17.5 Å². The van der Waals surface area contributed by atoms with E-state index in [0.29, 0.717) is 17.4 Å². The number of fused-ring (bicyclic) bond motifs is 1. The lowest BCUT2D eigenvalue weighted by Crippen LogP contribution is -2.30. The third kappa shape index (κ3) is 2.04. The highest BCUT2D eigenvalue weighted by Gasteiger charge is 2.23. The normalized spacial score (nSPS) is 18.2. The van der Waals surface area contributed by atoms with Crippen LogP contribution in [0.3, 0.4) is 0 Å². The summed E-state index contributed by atoms with van der Waals surface area (Å²) in [5.74, 6) is 0.489. The van der Waals surface area contributed by atoms with Gasteiger partial charge < -0.3 is 10.1 Å². The number of nitrogens with one attached hydrogen (secondary N) is 1. The van der Waals surface area contributed by atoms with Crippen LogP contribution >= 0.6 is 11.6 Å². The van der Waals surface area contributed by atoms with Gasteiger partial charge in [-0.1, -0.05) is 30.3 Å². The molecule has 1 amide bonds. The van der Waals surface area contributed by atoms with Gasteiger partial charge in [-0.3, -0.25) is 4.79 Å². The minimum Gasteiger partial charge on any atom is -0.492 e. The van der Waals surface area contributed by atoms with Gasteiger partial charge in [0.25, 0.3) is 0 Å². The Kier molecular flexibility index (Phi) is 3.15. The van der Waals surface area contributed by atoms with Crippen LogP contribution in [-0.2, 0) is 4.79 Å². The lowest BCUT2D eigenvalue weighted by molar-refractivity contribution is -0.117. The Bertz CT molecular complexity index is 431. The first-order valence-electron chi connectivity index (χ1n) is 5.06. The molecule has 84 valence electrons. The molecular weight excluding hydrogens is 226 g/mol. The second kappa shape index (κ2) is 4.58. The van der Waals surface area contributed by atoms with Gasteiger partial charge in [0, 0.05) is 12.0 Å². The van der Waals surface area contributed by atoms with E-state index in [1.165, 1.54) is 6.08 Å². The van der Waals surface area contributed by atoms with E-state index in [9.17, 15) is 4.79 Å². The molecule has 1 aromatic rings. The van der Waals surface area contributed by atoms with Gasteiger partial charge in [0.2, 0.25) is 5.91 Å². The summed E-state index contributed by atoms with van der Waals surface area (Å²) in [5, 5.41) is 3.44. The number of benzene rings is 1. The standard InChI is InChI=1S/C12H12ClNO2/c1-2-11(15)14-10-6-7-16-12-8(10)4-3-5-9(12)13/h2-5,10H,1,6-7H2,(H,14,15). The average Bonchev–Trinajstić information content (AvgIpc) is 2.30. The number of carbonyl (C=O) groups is 1. The Balaban J connectivity index is 2.29. The molecule has 2 rings (SSSR count). The Hall–Kier alpha value is -1.48. The first-order chi connectivity index (χ1) is 7.72. The van der Waals surface area contributed by atoms with E-state index in [2.05, 4.69) is 11.9 Å². The van der Waals surface area contributed by atoms with Crippen molar-refractivity contribution in [3.05, 3.63) is 41.4 Å². The first-order valence-corrected chi connectivity index (χ1v) is 5.44. The third-order valence-electron chi connectivity index (χ3n) is 2.53. The summed E-state index contributed by atoms with van der Waals surface area (Å²) in [4.78, 5) is 11.3. The van der Waals surface area contributed by atoms with Crippen LogP contribution in [0.15, 0.2) is 30.9 Å². The molecule has 0 radical (unpaired) electrons. The highest BCUT2D eigenvalue weighted by Crippen LogP contribution is 2.37. The van der Waals surface area contributed by atoms with E-state index in [4.69, 9.17) is 16.3 Å². The number of hydrogen-bond donors (Lipinski definition) is 1. The van der Waals surface area contributed by atoms with Crippen molar-refractivity contribution < 1.29 is 9.53 Å². The van der Waals surface area contributed by atoms with E-state index < -0.39 is 0 Å². The predicted octanol–water partition coefficient (Wildman–Crippen LogP) is 2.47. The first kappa shape index (κ1) is 11.0. The fourth-order valence-corrected chi connectivity index (χ4v) is 2.00. The lowest BCUT2D eigenvalue weighted by Gasteiger charge is -2.26. The number of amides is 1. The summed E-state index contributed by atoms with van der Waals surface area (Å²) in [5.41, 5.74) is 0.925. The zero-order chi connectivity index (χ0) is 11.5. The molecule has 3 nitrogen and oxygen atoms in total. The van der Waals surface area contributed by atoms with Crippen molar-refractivity contribution in [1.82, 2.24) is 5.32 Å². The van der Waals surface area contributed by atoms with Crippen molar-refractivity contribution in [3.63, 3.8) is 0 Å². The number of halogens is 1. The summed E-state index contributed by atoms with van der Waals surface area (Å²) in [7, 11) is 0. The summed E-state index contributed by atoms with van der Waals surface area (Å²) in [6.07, 6.45) is 2.01. The molecule has 0 aliphatic carbocycles. The number of para-hydroxylation sites is 1. The summed E-state index contributed by atoms with van der Waals surface area (Å²) >= 11 is 6.02. The predicted molar refractivity (Wildman–Crippen MR) is 62.6 cm³/mol. The van der Waals surface area contributed by atoms with E-state index >= 15 is 0 Å². The van der Waals surface area contributed by atoms with Crippen LogP contribution < -0.4 is 10.1 Å². The van der Waals surface area contributed by atoms with Gasteiger partial charge in [0.15, 0.2) is 0 Å². The summed E-state index contributed by atoms with van der Waals surface area (Å²) in [6, 6.07) is 5.49. The molecule has 1 aliphatic rings. The SMILES string of the molecule is C=CC(=O)NC1CCOc2c(Cl)cccc21. The molecule has 0 saturated heterocycles. The molecule has 1 aromatic carbocycles. The summed E-state index contributed by atoms with van der Waals surface area (Å²) in [6.45, 7) is 3.98. The van der Waals surface area contributed by atoms with Crippen LogP contribution in [0, 0.1) is 0 Å². The fourth-order valence-electron chi connectivity index (χ4n) is 1.77. The summed E-state index contributed by atoms with van der Waals surface area (Å²) < 4.78 is 5.49. The molecule has 0 bridgehead atoms. The Morgan fingerprint density at radius 2 is 2.44 bits per heavy atom. The number of carbonyl (C=O) groups excluding carboxylic acids is 1. The minimum atomic E-state index is -0.183.